The quantitative estimate of drug-likeness (QED) is 0.756. The molecule has 2 N–H and O–H groups in total. The standard InChI is InChI=1S/C12H22N2O2/c13-6-5-12(15)14-7-8-16-9-10-3-1-2-4-11(10)14/h10-11H,1-9,13H2/t10-,11-/m1/s1. The van der Waals surface area contributed by atoms with Crippen molar-refractivity contribution in [1.29, 1.82) is 0 Å². The minimum Gasteiger partial charge on any atom is -0.379 e. The summed E-state index contributed by atoms with van der Waals surface area (Å²) in [5, 5.41) is 0. The molecule has 0 aromatic carbocycles. The van der Waals surface area contributed by atoms with E-state index in [9.17, 15) is 4.79 Å². The Morgan fingerprint density at radius 1 is 1.38 bits per heavy atom. The lowest BCUT2D eigenvalue weighted by Gasteiger charge is -2.37. The molecule has 4 nitrogen and oxygen atoms in total. The van der Waals surface area contributed by atoms with Crippen LogP contribution in [0.2, 0.25) is 0 Å². The molecule has 2 fully saturated rings. The summed E-state index contributed by atoms with van der Waals surface area (Å²) in [6, 6.07) is 0.412. The first-order chi connectivity index (χ1) is 7.83. The van der Waals surface area contributed by atoms with Crippen molar-refractivity contribution in [2.45, 2.75) is 38.1 Å². The van der Waals surface area contributed by atoms with Crippen molar-refractivity contribution in [2.75, 3.05) is 26.3 Å². The van der Waals surface area contributed by atoms with Crippen LogP contribution in [-0.4, -0.2) is 43.2 Å². The van der Waals surface area contributed by atoms with Crippen LogP contribution in [0.5, 0.6) is 0 Å². The summed E-state index contributed by atoms with van der Waals surface area (Å²) >= 11 is 0. The predicted octanol–water partition coefficient (Wildman–Crippen LogP) is 0.753. The molecule has 1 aliphatic carbocycles. The van der Waals surface area contributed by atoms with Crippen molar-refractivity contribution in [2.24, 2.45) is 11.7 Å². The average Bonchev–Trinajstić information content (AvgIpc) is 2.51. The number of hydrogen-bond acceptors (Lipinski definition) is 3. The fourth-order valence-electron chi connectivity index (χ4n) is 2.93. The van der Waals surface area contributed by atoms with Gasteiger partial charge in [-0.25, -0.2) is 0 Å². The van der Waals surface area contributed by atoms with Gasteiger partial charge in [0.15, 0.2) is 0 Å². The van der Waals surface area contributed by atoms with Crippen molar-refractivity contribution < 1.29 is 9.53 Å². The van der Waals surface area contributed by atoms with Crippen LogP contribution in [0.15, 0.2) is 0 Å². The molecule has 92 valence electrons. The summed E-state index contributed by atoms with van der Waals surface area (Å²) in [4.78, 5) is 14.0. The van der Waals surface area contributed by atoms with Gasteiger partial charge in [0.25, 0.3) is 0 Å². The highest BCUT2D eigenvalue weighted by atomic mass is 16.5. The third kappa shape index (κ3) is 2.55. The van der Waals surface area contributed by atoms with Crippen LogP contribution in [-0.2, 0) is 9.53 Å². The molecule has 4 heteroatoms. The van der Waals surface area contributed by atoms with E-state index in [4.69, 9.17) is 10.5 Å². The Balaban J connectivity index is 2.05. The zero-order valence-electron chi connectivity index (χ0n) is 9.86. The van der Waals surface area contributed by atoms with Crippen molar-refractivity contribution in [3.05, 3.63) is 0 Å². The first-order valence-electron chi connectivity index (χ1n) is 6.40. The van der Waals surface area contributed by atoms with E-state index in [1.54, 1.807) is 0 Å². The third-order valence-electron chi connectivity index (χ3n) is 3.76. The first-order valence-corrected chi connectivity index (χ1v) is 6.40. The lowest BCUT2D eigenvalue weighted by atomic mass is 9.84. The Morgan fingerprint density at radius 3 is 3.00 bits per heavy atom. The monoisotopic (exact) mass is 226 g/mol. The van der Waals surface area contributed by atoms with Gasteiger partial charge in [-0.1, -0.05) is 12.8 Å². The highest BCUT2D eigenvalue weighted by Crippen LogP contribution is 2.30. The van der Waals surface area contributed by atoms with Crippen molar-refractivity contribution in [1.82, 2.24) is 4.90 Å². The van der Waals surface area contributed by atoms with Crippen molar-refractivity contribution in [3.8, 4) is 0 Å². The van der Waals surface area contributed by atoms with Gasteiger partial charge in [0.05, 0.1) is 13.2 Å². The molecule has 1 saturated heterocycles. The zero-order valence-corrected chi connectivity index (χ0v) is 9.86. The van der Waals surface area contributed by atoms with Crippen LogP contribution < -0.4 is 5.73 Å². The average molecular weight is 226 g/mol. The number of nitrogens with two attached hydrogens (primary N) is 1. The van der Waals surface area contributed by atoms with E-state index >= 15 is 0 Å². The fourth-order valence-corrected chi connectivity index (χ4v) is 2.93. The van der Waals surface area contributed by atoms with Crippen LogP contribution in [0.25, 0.3) is 0 Å². The van der Waals surface area contributed by atoms with Crippen LogP contribution in [0.4, 0.5) is 0 Å². The first kappa shape index (κ1) is 11.9. The molecule has 0 aromatic rings. The molecule has 0 bridgehead atoms. The normalized spacial score (nSPS) is 30.7. The highest BCUT2D eigenvalue weighted by Gasteiger charge is 2.34. The molecule has 0 aromatic heterocycles. The largest absolute Gasteiger partial charge is 0.379 e. The molecular weight excluding hydrogens is 204 g/mol. The highest BCUT2D eigenvalue weighted by molar-refractivity contribution is 5.76. The molecule has 0 unspecified atom stereocenters. The number of carbonyl (C=O) groups is 1. The van der Waals surface area contributed by atoms with Crippen molar-refractivity contribution >= 4 is 5.91 Å². The second-order valence-corrected chi connectivity index (χ2v) is 4.81. The van der Waals surface area contributed by atoms with Crippen LogP contribution in [0, 0.1) is 5.92 Å². The van der Waals surface area contributed by atoms with Crippen LogP contribution in [0.1, 0.15) is 32.1 Å². The topological polar surface area (TPSA) is 55.6 Å². The molecule has 1 amide bonds. The van der Waals surface area contributed by atoms with Gasteiger partial charge in [0.2, 0.25) is 5.91 Å². The number of hydrogen-bond donors (Lipinski definition) is 1. The Kier molecular flexibility index (Phi) is 4.18. The SMILES string of the molecule is NCCC(=O)N1CCOC[C@H]2CCCC[C@H]21. The van der Waals surface area contributed by atoms with Gasteiger partial charge in [-0.15, -0.1) is 0 Å². The number of nitrogens with zero attached hydrogens (tertiary/aromatic N) is 1. The van der Waals surface area contributed by atoms with Crippen LogP contribution >= 0.6 is 0 Å². The van der Waals surface area contributed by atoms with E-state index in [1.807, 2.05) is 4.90 Å². The van der Waals surface area contributed by atoms with Gasteiger partial charge in [-0.05, 0) is 12.8 Å². The van der Waals surface area contributed by atoms with E-state index < -0.39 is 0 Å². The number of rotatable bonds is 2. The fraction of sp³-hybridized carbons (Fsp3) is 0.917. The zero-order chi connectivity index (χ0) is 11.4. The van der Waals surface area contributed by atoms with E-state index in [-0.39, 0.29) is 5.91 Å². The molecule has 2 rings (SSSR count). The maximum absolute atomic E-state index is 12.0. The Bertz CT molecular complexity index is 245. The second-order valence-electron chi connectivity index (χ2n) is 4.81. The summed E-state index contributed by atoms with van der Waals surface area (Å²) in [5.41, 5.74) is 5.46. The molecule has 1 aliphatic heterocycles. The molecule has 0 spiro atoms. The smallest absolute Gasteiger partial charge is 0.224 e. The number of fused-ring (bicyclic) bond motifs is 1. The van der Waals surface area contributed by atoms with Gasteiger partial charge in [-0.3, -0.25) is 4.79 Å². The second kappa shape index (κ2) is 5.64. The predicted molar refractivity (Wildman–Crippen MR) is 61.9 cm³/mol. The maximum Gasteiger partial charge on any atom is 0.224 e. The molecule has 1 heterocycles. The minimum atomic E-state index is 0.213. The molecule has 2 aliphatic rings. The van der Waals surface area contributed by atoms with E-state index in [0.717, 1.165) is 19.6 Å². The lowest BCUT2D eigenvalue weighted by Crippen LogP contribution is -2.46. The van der Waals surface area contributed by atoms with E-state index in [1.165, 1.54) is 19.3 Å². The maximum atomic E-state index is 12.0. The minimum absolute atomic E-state index is 0.213. The summed E-state index contributed by atoms with van der Waals surface area (Å²) in [5.74, 6) is 0.767. The molecule has 16 heavy (non-hydrogen) atoms. The molecule has 2 atom stereocenters. The number of amides is 1. The van der Waals surface area contributed by atoms with Gasteiger partial charge >= 0.3 is 0 Å². The molecule has 0 radical (unpaired) electrons. The Hall–Kier alpha value is -0.610. The Labute approximate surface area is 97.1 Å². The summed E-state index contributed by atoms with van der Waals surface area (Å²) < 4.78 is 5.60. The molecular formula is C12H22N2O2. The van der Waals surface area contributed by atoms with E-state index in [2.05, 4.69) is 0 Å². The van der Waals surface area contributed by atoms with E-state index in [0.29, 0.717) is 31.5 Å². The third-order valence-corrected chi connectivity index (χ3v) is 3.76. The van der Waals surface area contributed by atoms with Gasteiger partial charge in [0, 0.05) is 31.5 Å². The van der Waals surface area contributed by atoms with Gasteiger partial charge < -0.3 is 15.4 Å². The van der Waals surface area contributed by atoms with Crippen molar-refractivity contribution in [3.63, 3.8) is 0 Å². The summed E-state index contributed by atoms with van der Waals surface area (Å²) in [7, 11) is 0. The number of ether oxygens (including phenoxy) is 1. The van der Waals surface area contributed by atoms with Gasteiger partial charge in [0.1, 0.15) is 0 Å². The lowest BCUT2D eigenvalue weighted by molar-refractivity contribution is -0.134. The summed E-state index contributed by atoms with van der Waals surface area (Å²) in [6.07, 6.45) is 5.35. The summed E-state index contributed by atoms with van der Waals surface area (Å²) in [6.45, 7) is 2.72. The van der Waals surface area contributed by atoms with Crippen LogP contribution in [0.3, 0.4) is 0 Å². The number of carbonyl (C=O) groups excluding carboxylic acids is 1. The Morgan fingerprint density at radius 2 is 2.19 bits per heavy atom. The van der Waals surface area contributed by atoms with Gasteiger partial charge in [-0.2, -0.15) is 0 Å². The molecule has 1 saturated carbocycles.